The summed E-state index contributed by atoms with van der Waals surface area (Å²) in [5, 5.41) is 6.80. The van der Waals surface area contributed by atoms with E-state index in [9.17, 15) is 8.68 Å². The Labute approximate surface area is 145 Å². The third kappa shape index (κ3) is 4.17. The smallest absolute Gasteiger partial charge is 0.412 e. The average Bonchev–Trinajstić information content (AvgIpc) is 2.82. The zero-order valence-corrected chi connectivity index (χ0v) is 14.9. The molecule has 0 spiro atoms. The van der Waals surface area contributed by atoms with Crippen LogP contribution in [0.4, 0.5) is 14.4 Å². The summed E-state index contributed by atoms with van der Waals surface area (Å²) in [6, 6.07) is 7.17. The van der Waals surface area contributed by atoms with Gasteiger partial charge in [0.15, 0.2) is 12.3 Å². The van der Waals surface area contributed by atoms with Gasteiger partial charge in [0, 0.05) is 11.3 Å². The van der Waals surface area contributed by atoms with Gasteiger partial charge < -0.3 is 4.74 Å². The lowest BCUT2D eigenvalue weighted by molar-refractivity contribution is 0.0636. The molecular formula is C17H20FN3O2S. The maximum absolute atomic E-state index is 12.9. The molecule has 24 heavy (non-hydrogen) atoms. The van der Waals surface area contributed by atoms with Crippen LogP contribution in [0.25, 0.3) is 17.2 Å². The molecule has 2 aromatic rings. The summed E-state index contributed by atoms with van der Waals surface area (Å²) >= 11 is 0.0272. The molecule has 0 unspecified atom stereocenters. The number of halogens is 1. The van der Waals surface area contributed by atoms with Crippen LogP contribution >= 0.6 is 12.3 Å². The van der Waals surface area contributed by atoms with Gasteiger partial charge in [-0.2, -0.15) is 9.19 Å². The summed E-state index contributed by atoms with van der Waals surface area (Å²) in [6.45, 7) is 10.9. The lowest BCUT2D eigenvalue weighted by Gasteiger charge is -2.19. The van der Waals surface area contributed by atoms with Crippen LogP contribution in [0.2, 0.25) is 0 Å². The van der Waals surface area contributed by atoms with Crippen molar-refractivity contribution in [1.29, 1.82) is 0 Å². The number of benzene rings is 1. The molecule has 0 radical (unpaired) electrons. The first-order chi connectivity index (χ1) is 11.2. The molecule has 1 heterocycles. The van der Waals surface area contributed by atoms with Gasteiger partial charge in [-0.15, -0.1) is 3.89 Å². The zero-order chi connectivity index (χ0) is 17.9. The van der Waals surface area contributed by atoms with E-state index in [4.69, 9.17) is 4.74 Å². The summed E-state index contributed by atoms with van der Waals surface area (Å²) in [5.41, 5.74) is 3.00. The van der Waals surface area contributed by atoms with Crippen molar-refractivity contribution in [2.45, 2.75) is 33.3 Å². The molecule has 0 saturated carbocycles. The van der Waals surface area contributed by atoms with E-state index < -0.39 is 11.7 Å². The SMILES string of the molecule is C=Cc1c(-c2ccc(NC(=O)OC(C)(C)C)cc2)c(C)nn1SF. The molecule has 1 N–H and O–H groups in total. The van der Waals surface area contributed by atoms with Crippen LogP contribution in [0.1, 0.15) is 32.2 Å². The molecule has 5 nitrogen and oxygen atoms in total. The Morgan fingerprint density at radius 2 is 2.00 bits per heavy atom. The second kappa shape index (κ2) is 7.09. The predicted molar refractivity (Wildman–Crippen MR) is 96.4 cm³/mol. The van der Waals surface area contributed by atoms with Crippen molar-refractivity contribution in [1.82, 2.24) is 9.19 Å². The number of rotatable bonds is 4. The molecule has 2 rings (SSSR count). The minimum absolute atomic E-state index is 0.0272. The van der Waals surface area contributed by atoms with Crippen LogP contribution in [0.3, 0.4) is 0 Å². The minimum Gasteiger partial charge on any atom is -0.444 e. The van der Waals surface area contributed by atoms with Crippen molar-refractivity contribution < 1.29 is 13.4 Å². The van der Waals surface area contributed by atoms with Gasteiger partial charge in [-0.25, -0.2) is 4.79 Å². The Kier molecular flexibility index (Phi) is 5.33. The third-order valence-corrected chi connectivity index (χ3v) is 3.55. The van der Waals surface area contributed by atoms with Crippen molar-refractivity contribution in [3.8, 4) is 11.1 Å². The van der Waals surface area contributed by atoms with E-state index in [1.807, 2.05) is 19.1 Å². The molecule has 0 aliphatic carbocycles. The number of ether oxygens (including phenoxy) is 1. The quantitative estimate of drug-likeness (QED) is 0.821. The molecule has 1 aromatic carbocycles. The Balaban J connectivity index is 2.23. The summed E-state index contributed by atoms with van der Waals surface area (Å²) in [4.78, 5) is 11.8. The number of aromatic nitrogens is 2. The number of nitrogens with zero attached hydrogens (tertiary/aromatic N) is 2. The van der Waals surface area contributed by atoms with Crippen LogP contribution in [0, 0.1) is 6.92 Å². The Morgan fingerprint density at radius 3 is 2.50 bits per heavy atom. The molecule has 0 aliphatic heterocycles. The van der Waals surface area contributed by atoms with Crippen molar-refractivity contribution >= 4 is 30.2 Å². The molecule has 1 amide bonds. The lowest BCUT2D eigenvalue weighted by Crippen LogP contribution is -2.27. The maximum Gasteiger partial charge on any atom is 0.412 e. The highest BCUT2D eigenvalue weighted by atomic mass is 32.2. The molecule has 0 bridgehead atoms. The van der Waals surface area contributed by atoms with Gasteiger partial charge in [0.05, 0.1) is 11.4 Å². The first kappa shape index (κ1) is 18.1. The summed E-state index contributed by atoms with van der Waals surface area (Å²) in [7, 11) is 0. The number of carbonyl (C=O) groups excluding carboxylic acids is 1. The van der Waals surface area contributed by atoms with E-state index in [-0.39, 0.29) is 12.3 Å². The Morgan fingerprint density at radius 1 is 1.38 bits per heavy atom. The first-order valence-electron chi connectivity index (χ1n) is 7.36. The number of hydrogen-bond acceptors (Lipinski definition) is 4. The number of carbonyl (C=O) groups is 1. The van der Waals surface area contributed by atoms with Crippen LogP contribution in [0.5, 0.6) is 0 Å². The second-order valence-electron chi connectivity index (χ2n) is 6.20. The van der Waals surface area contributed by atoms with Crippen molar-refractivity contribution in [3.63, 3.8) is 0 Å². The highest BCUT2D eigenvalue weighted by molar-refractivity contribution is 7.92. The van der Waals surface area contributed by atoms with Crippen molar-refractivity contribution in [3.05, 3.63) is 42.2 Å². The highest BCUT2D eigenvalue weighted by Gasteiger charge is 2.17. The summed E-state index contributed by atoms with van der Waals surface area (Å²) in [5.74, 6) is 0. The Bertz CT molecular complexity index is 748. The lowest BCUT2D eigenvalue weighted by atomic mass is 10.0. The van der Waals surface area contributed by atoms with Crippen LogP contribution in [-0.2, 0) is 4.74 Å². The van der Waals surface area contributed by atoms with E-state index in [0.29, 0.717) is 17.1 Å². The van der Waals surface area contributed by atoms with E-state index in [1.54, 1.807) is 39.0 Å². The van der Waals surface area contributed by atoms with Gasteiger partial charge in [-0.05, 0) is 51.5 Å². The molecule has 7 heteroatoms. The maximum atomic E-state index is 12.9. The monoisotopic (exact) mass is 349 g/mol. The van der Waals surface area contributed by atoms with Gasteiger partial charge in [-0.1, -0.05) is 18.7 Å². The van der Waals surface area contributed by atoms with E-state index in [2.05, 4.69) is 17.0 Å². The molecule has 1 aromatic heterocycles. The van der Waals surface area contributed by atoms with Gasteiger partial charge in [0.2, 0.25) is 0 Å². The second-order valence-corrected chi connectivity index (χ2v) is 6.68. The Hall–Kier alpha value is -2.28. The number of nitrogens with one attached hydrogen (secondary N) is 1. The normalized spacial score (nSPS) is 11.2. The fourth-order valence-electron chi connectivity index (χ4n) is 2.25. The number of hydrogen-bond donors (Lipinski definition) is 1. The van der Waals surface area contributed by atoms with E-state index in [1.165, 1.54) is 4.09 Å². The van der Waals surface area contributed by atoms with Crippen molar-refractivity contribution in [2.75, 3.05) is 5.32 Å². The molecule has 0 saturated heterocycles. The average molecular weight is 349 g/mol. The molecular weight excluding hydrogens is 329 g/mol. The number of anilines is 1. The molecule has 0 atom stereocenters. The van der Waals surface area contributed by atoms with Crippen LogP contribution < -0.4 is 5.32 Å². The third-order valence-electron chi connectivity index (χ3n) is 3.14. The van der Waals surface area contributed by atoms with E-state index in [0.717, 1.165) is 11.1 Å². The topological polar surface area (TPSA) is 56.1 Å². The van der Waals surface area contributed by atoms with Crippen LogP contribution in [0.15, 0.2) is 30.8 Å². The zero-order valence-electron chi connectivity index (χ0n) is 14.1. The van der Waals surface area contributed by atoms with Gasteiger partial charge in [0.25, 0.3) is 0 Å². The summed E-state index contributed by atoms with van der Waals surface area (Å²) in [6.07, 6.45) is 1.05. The van der Waals surface area contributed by atoms with Crippen molar-refractivity contribution in [2.24, 2.45) is 0 Å². The predicted octanol–water partition coefficient (Wildman–Crippen LogP) is 5.23. The van der Waals surface area contributed by atoms with E-state index >= 15 is 0 Å². The van der Waals surface area contributed by atoms with Gasteiger partial charge in [-0.3, -0.25) is 5.32 Å². The largest absolute Gasteiger partial charge is 0.444 e. The van der Waals surface area contributed by atoms with Gasteiger partial charge in [0.1, 0.15) is 5.60 Å². The molecule has 128 valence electrons. The molecule has 0 aliphatic rings. The standard InChI is InChI=1S/C17H20FN3O2S/c1-6-14-15(11(2)20-21(14)24-18)12-7-9-13(10-8-12)19-16(22)23-17(3,4)5/h6-10H,1H2,2-5H3,(H,19,22). The summed E-state index contributed by atoms with van der Waals surface area (Å²) < 4.78 is 19.3. The fourth-order valence-corrected chi connectivity index (χ4v) is 2.65. The fraction of sp³-hybridized carbons (Fsp3) is 0.294. The number of aryl methyl sites for hydroxylation is 1. The van der Waals surface area contributed by atoms with Crippen LogP contribution in [-0.4, -0.2) is 20.9 Å². The first-order valence-corrected chi connectivity index (χ1v) is 8.04. The minimum atomic E-state index is -0.557. The van der Waals surface area contributed by atoms with Gasteiger partial charge >= 0.3 is 6.09 Å². The molecule has 0 fully saturated rings. The highest BCUT2D eigenvalue weighted by Crippen LogP contribution is 2.31. The number of amides is 1.